The molecule has 0 amide bonds. The van der Waals surface area contributed by atoms with Crippen molar-refractivity contribution in [3.8, 4) is 0 Å². The van der Waals surface area contributed by atoms with Crippen molar-refractivity contribution < 1.29 is 0 Å². The Morgan fingerprint density at radius 2 is 2.46 bits per heavy atom. The Bertz CT molecular complexity index is 393. The Labute approximate surface area is 88.6 Å². The number of hydrogen-bond donors (Lipinski definition) is 0. The largest absolute Gasteiger partial charge is 0.267 e. The highest BCUT2D eigenvalue weighted by atomic mass is 79.9. The highest BCUT2D eigenvalue weighted by Crippen LogP contribution is 2.23. The van der Waals surface area contributed by atoms with Crippen LogP contribution in [0, 0.1) is 6.92 Å². The van der Waals surface area contributed by atoms with Gasteiger partial charge in [0.15, 0.2) is 0 Å². The molecule has 68 valence electrons. The zero-order valence-electron chi connectivity index (χ0n) is 7.07. The van der Waals surface area contributed by atoms with E-state index in [-0.39, 0.29) is 0 Å². The fourth-order valence-corrected chi connectivity index (χ4v) is 2.65. The molecule has 0 bridgehead atoms. The molecule has 0 N–H and O–H groups in total. The van der Waals surface area contributed by atoms with Crippen molar-refractivity contribution in [3.63, 3.8) is 0 Å². The van der Waals surface area contributed by atoms with Gasteiger partial charge in [-0.2, -0.15) is 5.10 Å². The smallest absolute Gasteiger partial charge is 0.122 e. The summed E-state index contributed by atoms with van der Waals surface area (Å²) in [5, 5.41) is 5.21. The van der Waals surface area contributed by atoms with Crippen molar-refractivity contribution in [2.75, 3.05) is 0 Å². The molecule has 0 aliphatic heterocycles. The Kier molecular flexibility index (Phi) is 2.46. The molecule has 0 saturated heterocycles. The minimum Gasteiger partial charge on any atom is -0.267 e. The van der Waals surface area contributed by atoms with Crippen LogP contribution < -0.4 is 0 Å². The van der Waals surface area contributed by atoms with Crippen molar-refractivity contribution in [2.45, 2.75) is 13.5 Å². The van der Waals surface area contributed by atoms with Gasteiger partial charge in [-0.1, -0.05) is 0 Å². The van der Waals surface area contributed by atoms with Crippen molar-refractivity contribution in [1.82, 2.24) is 14.8 Å². The second-order valence-corrected chi connectivity index (χ2v) is 4.69. The van der Waals surface area contributed by atoms with E-state index in [2.05, 4.69) is 26.0 Å². The second-order valence-electron chi connectivity index (χ2n) is 2.65. The number of halogens is 1. The average molecular weight is 258 g/mol. The Hall–Kier alpha value is -0.680. The predicted octanol–water partition coefficient (Wildman–Crippen LogP) is 2.46. The van der Waals surface area contributed by atoms with Gasteiger partial charge < -0.3 is 0 Å². The first kappa shape index (κ1) is 8.90. The molecule has 0 aromatic carbocycles. The summed E-state index contributed by atoms with van der Waals surface area (Å²) in [5.41, 5.74) is 0. The number of aromatic nitrogens is 3. The number of aryl methyl sites for hydroxylation is 1. The van der Waals surface area contributed by atoms with Crippen LogP contribution in [0.5, 0.6) is 0 Å². The number of rotatable bonds is 2. The summed E-state index contributed by atoms with van der Waals surface area (Å²) in [6.45, 7) is 2.79. The fraction of sp³-hybridized carbons (Fsp3) is 0.250. The van der Waals surface area contributed by atoms with Gasteiger partial charge in [-0.3, -0.25) is 4.68 Å². The van der Waals surface area contributed by atoms with E-state index >= 15 is 0 Å². The molecule has 0 spiro atoms. The van der Waals surface area contributed by atoms with Crippen LogP contribution in [0.4, 0.5) is 0 Å². The van der Waals surface area contributed by atoms with Gasteiger partial charge in [-0.05, 0) is 28.9 Å². The van der Waals surface area contributed by atoms with E-state index in [0.717, 1.165) is 16.2 Å². The highest BCUT2D eigenvalue weighted by Gasteiger charge is 2.06. The molecule has 0 radical (unpaired) electrons. The minimum absolute atomic E-state index is 0.791. The lowest BCUT2D eigenvalue weighted by molar-refractivity contribution is 0.692. The second kappa shape index (κ2) is 3.59. The molecule has 3 nitrogen and oxygen atoms in total. The summed E-state index contributed by atoms with van der Waals surface area (Å²) in [4.78, 5) is 5.50. The quantitative estimate of drug-likeness (QED) is 0.828. The normalized spacial score (nSPS) is 10.6. The van der Waals surface area contributed by atoms with E-state index in [4.69, 9.17) is 0 Å². The molecule has 0 aliphatic rings. The summed E-state index contributed by atoms with van der Waals surface area (Å²) < 4.78 is 2.82. The van der Waals surface area contributed by atoms with Gasteiger partial charge in [0, 0.05) is 12.4 Å². The van der Waals surface area contributed by atoms with E-state index in [1.807, 2.05) is 23.9 Å². The monoisotopic (exact) mass is 257 g/mol. The van der Waals surface area contributed by atoms with Crippen molar-refractivity contribution >= 4 is 27.3 Å². The van der Waals surface area contributed by atoms with Crippen molar-refractivity contribution in [1.29, 1.82) is 0 Å². The molecule has 0 fully saturated rings. The first-order valence-corrected chi connectivity index (χ1v) is 5.46. The number of hydrogen-bond acceptors (Lipinski definition) is 3. The first-order valence-electron chi connectivity index (χ1n) is 3.85. The molecule has 2 aromatic rings. The van der Waals surface area contributed by atoms with E-state index in [1.165, 1.54) is 4.88 Å². The van der Waals surface area contributed by atoms with E-state index in [0.29, 0.717) is 0 Å². The van der Waals surface area contributed by atoms with Crippen LogP contribution in [0.15, 0.2) is 23.1 Å². The lowest BCUT2D eigenvalue weighted by atomic mass is 10.5. The zero-order valence-corrected chi connectivity index (χ0v) is 9.47. The number of nitrogens with zero attached hydrogens (tertiary/aromatic N) is 3. The molecule has 0 aliphatic carbocycles. The van der Waals surface area contributed by atoms with Gasteiger partial charge in [0.05, 0.1) is 16.4 Å². The van der Waals surface area contributed by atoms with Gasteiger partial charge >= 0.3 is 0 Å². The molecule has 2 aromatic heterocycles. The molecule has 2 rings (SSSR count). The summed E-state index contributed by atoms with van der Waals surface area (Å²) in [6, 6.07) is 1.92. The molecule has 0 atom stereocenters. The summed E-state index contributed by atoms with van der Waals surface area (Å²) in [5.74, 6) is 0. The third-order valence-electron chi connectivity index (χ3n) is 1.62. The molecule has 0 unspecified atom stereocenters. The topological polar surface area (TPSA) is 30.7 Å². The highest BCUT2D eigenvalue weighted by molar-refractivity contribution is 9.10. The predicted molar refractivity (Wildman–Crippen MR) is 55.9 cm³/mol. The van der Waals surface area contributed by atoms with Crippen LogP contribution in [-0.2, 0) is 6.54 Å². The van der Waals surface area contributed by atoms with Gasteiger partial charge in [0.1, 0.15) is 4.60 Å². The van der Waals surface area contributed by atoms with Crippen LogP contribution in [-0.4, -0.2) is 14.8 Å². The summed E-state index contributed by atoms with van der Waals surface area (Å²) in [7, 11) is 0. The molecule has 2 heterocycles. The maximum atomic E-state index is 4.29. The molecule has 5 heteroatoms. The lowest BCUT2D eigenvalue weighted by Crippen LogP contribution is -1.98. The third kappa shape index (κ3) is 1.97. The molecule has 13 heavy (non-hydrogen) atoms. The maximum absolute atomic E-state index is 4.29. The zero-order chi connectivity index (χ0) is 9.26. The van der Waals surface area contributed by atoms with Crippen molar-refractivity contribution in [2.24, 2.45) is 0 Å². The van der Waals surface area contributed by atoms with Crippen LogP contribution in [0.3, 0.4) is 0 Å². The Morgan fingerprint density at radius 1 is 1.62 bits per heavy atom. The Balaban J connectivity index is 2.23. The van der Waals surface area contributed by atoms with Crippen molar-refractivity contribution in [3.05, 3.63) is 32.9 Å². The SMILES string of the molecule is Cc1nc(Br)c(Cn2cccn2)s1. The molecular weight excluding hydrogens is 250 g/mol. The van der Waals surface area contributed by atoms with Crippen LogP contribution in [0.2, 0.25) is 0 Å². The summed E-state index contributed by atoms with van der Waals surface area (Å²) in [6.07, 6.45) is 3.73. The lowest BCUT2D eigenvalue weighted by Gasteiger charge is -1.97. The molecular formula is C8H8BrN3S. The van der Waals surface area contributed by atoms with E-state index < -0.39 is 0 Å². The number of thiazole rings is 1. The first-order chi connectivity index (χ1) is 6.25. The van der Waals surface area contributed by atoms with Crippen LogP contribution >= 0.6 is 27.3 Å². The molecule has 0 saturated carbocycles. The van der Waals surface area contributed by atoms with Gasteiger partial charge in [-0.25, -0.2) is 4.98 Å². The van der Waals surface area contributed by atoms with E-state index in [1.54, 1.807) is 17.5 Å². The minimum atomic E-state index is 0.791. The average Bonchev–Trinajstić information content (AvgIpc) is 2.63. The van der Waals surface area contributed by atoms with Crippen LogP contribution in [0.25, 0.3) is 0 Å². The standard InChI is InChI=1S/C8H8BrN3S/c1-6-11-8(9)7(13-6)5-12-4-2-3-10-12/h2-4H,5H2,1H3. The van der Waals surface area contributed by atoms with Gasteiger partial charge in [0.2, 0.25) is 0 Å². The van der Waals surface area contributed by atoms with Crippen LogP contribution in [0.1, 0.15) is 9.88 Å². The maximum Gasteiger partial charge on any atom is 0.122 e. The fourth-order valence-electron chi connectivity index (χ4n) is 1.08. The summed E-state index contributed by atoms with van der Waals surface area (Å²) >= 11 is 5.11. The van der Waals surface area contributed by atoms with Gasteiger partial charge in [-0.15, -0.1) is 11.3 Å². The van der Waals surface area contributed by atoms with E-state index in [9.17, 15) is 0 Å². The third-order valence-corrected chi connectivity index (χ3v) is 3.50. The Morgan fingerprint density at radius 3 is 3.00 bits per heavy atom. The van der Waals surface area contributed by atoms with Gasteiger partial charge in [0.25, 0.3) is 0 Å².